The predicted octanol–water partition coefficient (Wildman–Crippen LogP) is 4.66. The van der Waals surface area contributed by atoms with E-state index in [1.165, 1.54) is 24.8 Å². The third-order valence-corrected chi connectivity index (χ3v) is 6.35. The van der Waals surface area contributed by atoms with Crippen LogP contribution in [0.25, 0.3) is 10.9 Å². The van der Waals surface area contributed by atoms with Crippen molar-refractivity contribution >= 4 is 16.8 Å². The third kappa shape index (κ3) is 5.21. The van der Waals surface area contributed by atoms with Gasteiger partial charge in [0.1, 0.15) is 5.75 Å². The lowest BCUT2D eigenvalue weighted by molar-refractivity contribution is -0.123. The number of amides is 1. The number of nitrogens with one attached hydrogen (secondary N) is 1. The van der Waals surface area contributed by atoms with Crippen LogP contribution in [0.2, 0.25) is 0 Å². The Morgan fingerprint density at radius 3 is 2.59 bits per heavy atom. The van der Waals surface area contributed by atoms with Gasteiger partial charge in [-0.05, 0) is 54.4 Å². The summed E-state index contributed by atoms with van der Waals surface area (Å²) in [5, 5.41) is 3.99. The van der Waals surface area contributed by atoms with E-state index < -0.39 is 0 Å². The molecule has 0 radical (unpaired) electrons. The first kappa shape index (κ1) is 22.1. The normalized spacial score (nSPS) is 13.8. The number of carbonyl (C=O) groups excluding carboxylic acids is 1. The molecule has 2 aromatic carbocycles. The highest BCUT2D eigenvalue weighted by molar-refractivity contribution is 5.84. The van der Waals surface area contributed by atoms with Gasteiger partial charge in [-0.3, -0.25) is 9.59 Å². The van der Waals surface area contributed by atoms with Crippen molar-refractivity contribution in [2.45, 2.75) is 52.0 Å². The quantitative estimate of drug-likeness (QED) is 0.535. The van der Waals surface area contributed by atoms with E-state index in [0.29, 0.717) is 18.2 Å². The van der Waals surface area contributed by atoms with Crippen LogP contribution < -0.4 is 15.6 Å². The van der Waals surface area contributed by atoms with Crippen molar-refractivity contribution in [2.75, 3.05) is 13.2 Å². The minimum absolute atomic E-state index is 0.0446. The number of benzene rings is 2. The van der Waals surface area contributed by atoms with Crippen LogP contribution in [-0.2, 0) is 17.8 Å². The topological polar surface area (TPSA) is 60.3 Å². The van der Waals surface area contributed by atoms with Gasteiger partial charge in [0.25, 0.3) is 11.5 Å². The highest BCUT2D eigenvalue weighted by atomic mass is 16.5. The molecule has 0 aliphatic heterocycles. The molecule has 5 nitrogen and oxygen atoms in total. The molecule has 0 atom stereocenters. The molecule has 0 unspecified atom stereocenters. The van der Waals surface area contributed by atoms with E-state index in [4.69, 9.17) is 4.74 Å². The Morgan fingerprint density at radius 1 is 1.12 bits per heavy atom. The third-order valence-electron chi connectivity index (χ3n) is 6.35. The average Bonchev–Trinajstić information content (AvgIpc) is 2.76. The summed E-state index contributed by atoms with van der Waals surface area (Å²) in [4.78, 5) is 25.1. The number of fused-ring (bicyclic) bond motifs is 1. The highest BCUT2D eigenvalue weighted by Gasteiger charge is 2.20. The summed E-state index contributed by atoms with van der Waals surface area (Å²) in [6.45, 7) is 5.49. The molecule has 1 saturated carbocycles. The van der Waals surface area contributed by atoms with Crippen molar-refractivity contribution in [1.29, 1.82) is 0 Å². The number of rotatable bonds is 9. The van der Waals surface area contributed by atoms with Crippen LogP contribution in [0.15, 0.2) is 59.4 Å². The molecule has 1 aliphatic carbocycles. The van der Waals surface area contributed by atoms with Crippen molar-refractivity contribution < 1.29 is 9.53 Å². The van der Waals surface area contributed by atoms with Crippen molar-refractivity contribution in [1.82, 2.24) is 9.88 Å². The lowest BCUT2D eigenvalue weighted by Gasteiger charge is -2.27. The number of pyridine rings is 1. The van der Waals surface area contributed by atoms with Gasteiger partial charge in [0, 0.05) is 30.6 Å². The van der Waals surface area contributed by atoms with Crippen molar-refractivity contribution in [3.05, 3.63) is 76.1 Å². The first-order chi connectivity index (χ1) is 15.5. The van der Waals surface area contributed by atoms with E-state index >= 15 is 0 Å². The molecule has 168 valence electrons. The zero-order chi connectivity index (χ0) is 22.5. The van der Waals surface area contributed by atoms with Gasteiger partial charge in [0.15, 0.2) is 6.61 Å². The van der Waals surface area contributed by atoms with Crippen LogP contribution in [0.5, 0.6) is 5.75 Å². The highest BCUT2D eigenvalue weighted by Crippen LogP contribution is 2.31. The number of aromatic nitrogens is 1. The average molecular weight is 433 g/mol. The fraction of sp³-hybridized carbons (Fsp3) is 0.407. The summed E-state index contributed by atoms with van der Waals surface area (Å²) in [5.74, 6) is 1.29. The molecule has 1 aliphatic rings. The molecule has 5 heteroatoms. The molecule has 1 fully saturated rings. The standard InChI is InChI=1S/C27H32N2O3/c1-19(2)24-16-27(31)29(17-21-9-6-10-21)25-15-22(11-12-23(24)25)32-18-26(30)28-14-13-20-7-4-3-5-8-20/h3-5,7-8,11-12,15-16,19,21H,6,9-10,13-14,17-18H2,1-2H3,(H,28,30). The van der Waals surface area contributed by atoms with Gasteiger partial charge >= 0.3 is 0 Å². The zero-order valence-electron chi connectivity index (χ0n) is 19.0. The number of hydrogen-bond acceptors (Lipinski definition) is 3. The summed E-state index contributed by atoms with van der Waals surface area (Å²) < 4.78 is 7.68. The second-order valence-electron chi connectivity index (χ2n) is 9.05. The summed E-state index contributed by atoms with van der Waals surface area (Å²) >= 11 is 0. The molecule has 0 saturated heterocycles. The van der Waals surface area contributed by atoms with E-state index in [1.54, 1.807) is 6.07 Å². The monoisotopic (exact) mass is 432 g/mol. The lowest BCUT2D eigenvalue weighted by Crippen LogP contribution is -2.30. The number of nitrogens with zero attached hydrogens (tertiary/aromatic N) is 1. The summed E-state index contributed by atoms with van der Waals surface area (Å²) in [6.07, 6.45) is 4.39. The van der Waals surface area contributed by atoms with Crippen molar-refractivity contribution in [3.8, 4) is 5.75 Å². The minimum Gasteiger partial charge on any atom is -0.484 e. The Balaban J connectivity index is 1.46. The predicted molar refractivity (Wildman–Crippen MR) is 128 cm³/mol. The molecule has 1 aromatic heterocycles. The molecule has 0 spiro atoms. The number of ether oxygens (including phenoxy) is 1. The maximum atomic E-state index is 12.9. The van der Waals surface area contributed by atoms with E-state index in [-0.39, 0.29) is 24.0 Å². The minimum atomic E-state index is -0.149. The molecule has 4 rings (SSSR count). The summed E-state index contributed by atoms with van der Waals surface area (Å²) in [6, 6.07) is 17.7. The first-order valence-corrected chi connectivity index (χ1v) is 11.6. The van der Waals surface area contributed by atoms with Crippen LogP contribution >= 0.6 is 0 Å². The first-order valence-electron chi connectivity index (χ1n) is 11.6. The Kier molecular flexibility index (Phi) is 6.93. The molecule has 32 heavy (non-hydrogen) atoms. The Hall–Kier alpha value is -3.08. The van der Waals surface area contributed by atoms with E-state index in [1.807, 2.05) is 53.1 Å². The number of carbonyl (C=O) groups is 1. The zero-order valence-corrected chi connectivity index (χ0v) is 19.0. The Labute approximate surface area is 189 Å². The second-order valence-corrected chi connectivity index (χ2v) is 9.05. The molecule has 1 heterocycles. The van der Waals surface area contributed by atoms with Gasteiger partial charge in [-0.2, -0.15) is 0 Å². The van der Waals surface area contributed by atoms with Gasteiger partial charge < -0.3 is 14.6 Å². The fourth-order valence-electron chi connectivity index (χ4n) is 4.27. The molecular formula is C27H32N2O3. The maximum Gasteiger partial charge on any atom is 0.257 e. The van der Waals surface area contributed by atoms with Crippen LogP contribution in [0.1, 0.15) is 50.2 Å². The smallest absolute Gasteiger partial charge is 0.257 e. The van der Waals surface area contributed by atoms with Crippen LogP contribution in [-0.4, -0.2) is 23.6 Å². The van der Waals surface area contributed by atoms with E-state index in [0.717, 1.165) is 29.4 Å². The molecule has 3 aromatic rings. The Bertz CT molecular complexity index is 1130. The summed E-state index contributed by atoms with van der Waals surface area (Å²) in [7, 11) is 0. The fourth-order valence-corrected chi connectivity index (χ4v) is 4.27. The van der Waals surface area contributed by atoms with Crippen molar-refractivity contribution in [3.63, 3.8) is 0 Å². The molecule has 1 amide bonds. The van der Waals surface area contributed by atoms with Gasteiger partial charge in [0.05, 0.1) is 5.52 Å². The van der Waals surface area contributed by atoms with Crippen LogP contribution in [0.4, 0.5) is 0 Å². The number of hydrogen-bond donors (Lipinski definition) is 1. The van der Waals surface area contributed by atoms with Gasteiger partial charge in [0.2, 0.25) is 0 Å². The van der Waals surface area contributed by atoms with Crippen LogP contribution in [0, 0.1) is 5.92 Å². The molecular weight excluding hydrogens is 400 g/mol. The lowest BCUT2D eigenvalue weighted by atomic mass is 9.85. The maximum absolute atomic E-state index is 12.9. The molecule has 0 bridgehead atoms. The van der Waals surface area contributed by atoms with Gasteiger partial charge in [-0.15, -0.1) is 0 Å². The van der Waals surface area contributed by atoms with Crippen molar-refractivity contribution in [2.24, 2.45) is 5.92 Å². The Morgan fingerprint density at radius 2 is 1.91 bits per heavy atom. The largest absolute Gasteiger partial charge is 0.484 e. The van der Waals surface area contributed by atoms with Gasteiger partial charge in [-0.25, -0.2) is 0 Å². The molecule has 1 N–H and O–H groups in total. The SMILES string of the molecule is CC(C)c1cc(=O)n(CC2CCC2)c2cc(OCC(=O)NCCc3ccccc3)ccc12. The van der Waals surface area contributed by atoms with E-state index in [9.17, 15) is 9.59 Å². The van der Waals surface area contributed by atoms with E-state index in [2.05, 4.69) is 19.2 Å². The van der Waals surface area contributed by atoms with Gasteiger partial charge in [-0.1, -0.05) is 50.6 Å². The summed E-state index contributed by atoms with van der Waals surface area (Å²) in [5.41, 5.74) is 3.19. The second kappa shape index (κ2) is 10.0. The van der Waals surface area contributed by atoms with Crippen LogP contribution in [0.3, 0.4) is 0 Å².